The predicted molar refractivity (Wildman–Crippen MR) is 113 cm³/mol. The number of fused-ring (bicyclic) bond motifs is 1. The molecule has 3 aromatic rings. The van der Waals surface area contributed by atoms with E-state index in [0.717, 1.165) is 37.3 Å². The summed E-state index contributed by atoms with van der Waals surface area (Å²) in [5.74, 6) is 0. The molecule has 160 valence electrons. The second-order valence-corrected chi connectivity index (χ2v) is 7.80. The molecule has 0 atom stereocenters. The Bertz CT molecular complexity index is 1280. The fourth-order valence-electron chi connectivity index (χ4n) is 3.75. The molecule has 1 aliphatic rings. The molecule has 0 aromatic carbocycles. The largest absolute Gasteiger partial charge is 0.366 e. The summed E-state index contributed by atoms with van der Waals surface area (Å²) >= 11 is 6.21. The highest BCUT2D eigenvalue weighted by Crippen LogP contribution is 2.22. The summed E-state index contributed by atoms with van der Waals surface area (Å²) in [5.41, 5.74) is 0.432. The van der Waals surface area contributed by atoms with Crippen LogP contribution in [0.25, 0.3) is 11.2 Å². The standard InChI is InChI=1S/C18H23ClN8O3/c1-22-15-14(17(29)23(2)18(22)30)27(11-20-15)9-6-25-4-7-26(8-5-25)12-10-21-24(3)16(28)13(12)19/h10-11H,4-9H2,1-3H3. The van der Waals surface area contributed by atoms with Gasteiger partial charge in [0.05, 0.1) is 18.2 Å². The van der Waals surface area contributed by atoms with Gasteiger partial charge in [-0.1, -0.05) is 11.6 Å². The summed E-state index contributed by atoms with van der Waals surface area (Å²) in [6.07, 6.45) is 3.23. The van der Waals surface area contributed by atoms with Crippen LogP contribution in [0.1, 0.15) is 0 Å². The number of rotatable bonds is 4. The fourth-order valence-corrected chi connectivity index (χ4v) is 4.04. The lowest BCUT2D eigenvalue weighted by molar-refractivity contribution is 0.249. The lowest BCUT2D eigenvalue weighted by Crippen LogP contribution is -2.47. The Hall–Kier alpha value is -2.92. The van der Waals surface area contributed by atoms with Crippen molar-refractivity contribution in [2.45, 2.75) is 6.54 Å². The maximum atomic E-state index is 12.5. The quantitative estimate of drug-likeness (QED) is 0.519. The van der Waals surface area contributed by atoms with Crippen LogP contribution in [-0.2, 0) is 27.7 Å². The van der Waals surface area contributed by atoms with Gasteiger partial charge in [-0.25, -0.2) is 14.5 Å². The van der Waals surface area contributed by atoms with Gasteiger partial charge in [0.15, 0.2) is 11.2 Å². The highest BCUT2D eigenvalue weighted by Gasteiger charge is 2.21. The number of nitrogens with zero attached hydrogens (tertiary/aromatic N) is 8. The molecule has 0 N–H and O–H groups in total. The highest BCUT2D eigenvalue weighted by molar-refractivity contribution is 6.33. The average molecular weight is 435 g/mol. The van der Waals surface area contributed by atoms with Gasteiger partial charge in [0.1, 0.15) is 5.02 Å². The number of aryl methyl sites for hydroxylation is 2. The van der Waals surface area contributed by atoms with Gasteiger partial charge >= 0.3 is 5.69 Å². The molecular weight excluding hydrogens is 412 g/mol. The minimum atomic E-state index is -0.391. The summed E-state index contributed by atoms with van der Waals surface area (Å²) in [6, 6.07) is 0. The first-order valence-electron chi connectivity index (χ1n) is 9.59. The van der Waals surface area contributed by atoms with E-state index in [1.54, 1.807) is 31.2 Å². The molecule has 1 saturated heterocycles. The fraction of sp³-hybridized carbons (Fsp3) is 0.500. The molecule has 0 saturated carbocycles. The molecule has 3 aromatic heterocycles. The third-order valence-corrected chi connectivity index (χ3v) is 6.00. The molecular formula is C18H23ClN8O3. The SMILES string of the molecule is Cn1ncc(N2CCN(CCn3cnc4c3c(=O)n(C)c(=O)n4C)CC2)c(Cl)c1=O. The van der Waals surface area contributed by atoms with Gasteiger partial charge in [0.25, 0.3) is 11.1 Å². The van der Waals surface area contributed by atoms with Crippen molar-refractivity contribution in [3.8, 4) is 0 Å². The van der Waals surface area contributed by atoms with E-state index in [2.05, 4.69) is 19.9 Å². The lowest BCUT2D eigenvalue weighted by Gasteiger charge is -2.36. The molecule has 12 heteroatoms. The van der Waals surface area contributed by atoms with Crippen LogP contribution in [-0.4, -0.2) is 66.1 Å². The zero-order valence-electron chi connectivity index (χ0n) is 17.1. The van der Waals surface area contributed by atoms with Crippen LogP contribution in [0.2, 0.25) is 5.02 Å². The highest BCUT2D eigenvalue weighted by atomic mass is 35.5. The molecule has 4 heterocycles. The van der Waals surface area contributed by atoms with Crippen molar-refractivity contribution in [3.05, 3.63) is 48.7 Å². The zero-order valence-corrected chi connectivity index (χ0v) is 17.8. The van der Waals surface area contributed by atoms with Crippen LogP contribution in [0, 0.1) is 0 Å². The lowest BCUT2D eigenvalue weighted by atomic mass is 10.3. The number of aromatic nitrogens is 6. The third-order valence-electron chi connectivity index (χ3n) is 5.65. The van der Waals surface area contributed by atoms with E-state index in [4.69, 9.17) is 11.6 Å². The Morgan fingerprint density at radius 2 is 1.67 bits per heavy atom. The summed E-state index contributed by atoms with van der Waals surface area (Å²) in [7, 11) is 4.65. The minimum Gasteiger partial charge on any atom is -0.366 e. The van der Waals surface area contributed by atoms with Crippen LogP contribution >= 0.6 is 11.6 Å². The Balaban J connectivity index is 1.45. The van der Waals surface area contributed by atoms with Gasteiger partial charge in [-0.2, -0.15) is 5.10 Å². The number of imidazole rings is 1. The van der Waals surface area contributed by atoms with Gasteiger partial charge in [-0.05, 0) is 0 Å². The molecule has 0 bridgehead atoms. The molecule has 30 heavy (non-hydrogen) atoms. The topological polar surface area (TPSA) is 103 Å². The number of hydrogen-bond donors (Lipinski definition) is 0. The van der Waals surface area contributed by atoms with E-state index in [1.807, 2.05) is 0 Å². The van der Waals surface area contributed by atoms with Crippen molar-refractivity contribution in [1.82, 2.24) is 33.4 Å². The van der Waals surface area contributed by atoms with Crippen molar-refractivity contribution in [3.63, 3.8) is 0 Å². The van der Waals surface area contributed by atoms with E-state index in [1.165, 1.54) is 16.3 Å². The number of hydrogen-bond acceptors (Lipinski definition) is 7. The van der Waals surface area contributed by atoms with Crippen LogP contribution in [0.4, 0.5) is 5.69 Å². The van der Waals surface area contributed by atoms with Crippen molar-refractivity contribution in [2.24, 2.45) is 21.1 Å². The molecule has 1 fully saturated rings. The van der Waals surface area contributed by atoms with Crippen molar-refractivity contribution >= 4 is 28.5 Å². The normalized spacial score (nSPS) is 15.3. The molecule has 1 aliphatic heterocycles. The minimum absolute atomic E-state index is 0.187. The van der Waals surface area contributed by atoms with E-state index in [0.29, 0.717) is 23.4 Å². The number of halogens is 1. The molecule has 0 spiro atoms. The Labute approximate surface area is 176 Å². The van der Waals surface area contributed by atoms with Crippen molar-refractivity contribution in [2.75, 3.05) is 37.6 Å². The Kier molecular flexibility index (Phi) is 5.24. The first-order valence-corrected chi connectivity index (χ1v) is 9.97. The number of anilines is 1. The zero-order chi connectivity index (χ0) is 21.6. The molecule has 0 amide bonds. The summed E-state index contributed by atoms with van der Waals surface area (Å²) in [4.78, 5) is 45.2. The van der Waals surface area contributed by atoms with E-state index in [9.17, 15) is 14.4 Å². The van der Waals surface area contributed by atoms with Gasteiger partial charge < -0.3 is 9.47 Å². The van der Waals surface area contributed by atoms with Gasteiger partial charge in [0.2, 0.25) is 0 Å². The van der Waals surface area contributed by atoms with Gasteiger partial charge in [0, 0.05) is 60.4 Å². The maximum absolute atomic E-state index is 12.5. The third kappa shape index (κ3) is 3.33. The van der Waals surface area contributed by atoms with Gasteiger partial charge in [-0.3, -0.25) is 23.6 Å². The van der Waals surface area contributed by atoms with E-state index in [-0.39, 0.29) is 16.1 Å². The van der Waals surface area contributed by atoms with Crippen molar-refractivity contribution < 1.29 is 0 Å². The van der Waals surface area contributed by atoms with E-state index >= 15 is 0 Å². The van der Waals surface area contributed by atoms with Crippen LogP contribution in [0.3, 0.4) is 0 Å². The van der Waals surface area contributed by atoms with Crippen molar-refractivity contribution in [1.29, 1.82) is 0 Å². The summed E-state index contributed by atoms with van der Waals surface area (Å²) in [6.45, 7) is 4.32. The molecule has 0 radical (unpaired) electrons. The monoisotopic (exact) mass is 434 g/mol. The summed E-state index contributed by atoms with van der Waals surface area (Å²) < 4.78 is 5.50. The van der Waals surface area contributed by atoms with Crippen LogP contribution in [0.5, 0.6) is 0 Å². The summed E-state index contributed by atoms with van der Waals surface area (Å²) in [5, 5.41) is 4.25. The Morgan fingerprint density at radius 3 is 2.37 bits per heavy atom. The number of piperazine rings is 1. The van der Waals surface area contributed by atoms with Gasteiger partial charge in [-0.15, -0.1) is 0 Å². The molecule has 4 rings (SSSR count). The van der Waals surface area contributed by atoms with Crippen LogP contribution < -0.4 is 21.7 Å². The predicted octanol–water partition coefficient (Wildman–Crippen LogP) is -0.997. The van der Waals surface area contributed by atoms with E-state index < -0.39 is 5.69 Å². The first-order chi connectivity index (χ1) is 14.3. The Morgan fingerprint density at radius 1 is 0.967 bits per heavy atom. The molecule has 0 unspecified atom stereocenters. The molecule has 0 aliphatic carbocycles. The van der Waals surface area contributed by atoms with Crippen LogP contribution in [0.15, 0.2) is 26.9 Å². The maximum Gasteiger partial charge on any atom is 0.332 e. The smallest absolute Gasteiger partial charge is 0.332 e. The average Bonchev–Trinajstić information content (AvgIpc) is 3.18. The second-order valence-electron chi connectivity index (χ2n) is 7.42. The second kappa shape index (κ2) is 7.73. The molecule has 11 nitrogen and oxygen atoms in total. The first kappa shape index (κ1) is 20.4.